The van der Waals surface area contributed by atoms with Gasteiger partial charge in [-0.05, 0) is 50.6 Å². The maximum absolute atomic E-state index is 6.79. The zero-order valence-electron chi connectivity index (χ0n) is 26.9. The Bertz CT molecular complexity index is 2520. The maximum atomic E-state index is 6.79. The van der Waals surface area contributed by atoms with Crippen molar-refractivity contribution in [2.75, 3.05) is 0 Å². The van der Waals surface area contributed by atoms with Gasteiger partial charge in [0, 0.05) is 27.3 Å². The molecule has 1 aliphatic rings. The van der Waals surface area contributed by atoms with Crippen LogP contribution in [-0.4, -0.2) is 15.0 Å². The number of para-hydroxylation sites is 1. The molecular formula is C43H33N3O. The lowest BCUT2D eigenvalue weighted by Gasteiger charge is -2.41. The summed E-state index contributed by atoms with van der Waals surface area (Å²) in [5, 5.41) is 4.45. The Morgan fingerprint density at radius 1 is 0.532 bits per heavy atom. The molecule has 2 heterocycles. The molecule has 1 unspecified atom stereocenters. The summed E-state index contributed by atoms with van der Waals surface area (Å²) < 4.78 is 6.79. The standard InChI is InChI=1S/C43H33N3O/c1-42(2,3)43(4)33-23-11-10-19-30(33)36-34(43)24-25-35-37(36)31-21-13-22-32(38(31)47-35)41-45-39(27-15-6-5-7-16-27)44-40(46-41)29-20-12-17-26-14-8-9-18-28(26)29/h5-25H,1-4H3. The van der Waals surface area contributed by atoms with Crippen LogP contribution in [0.3, 0.4) is 0 Å². The van der Waals surface area contributed by atoms with Crippen LogP contribution in [0.4, 0.5) is 0 Å². The van der Waals surface area contributed by atoms with Crippen molar-refractivity contribution in [1.82, 2.24) is 15.0 Å². The van der Waals surface area contributed by atoms with Gasteiger partial charge in [-0.2, -0.15) is 0 Å². The number of furan rings is 1. The Morgan fingerprint density at radius 3 is 1.98 bits per heavy atom. The van der Waals surface area contributed by atoms with Crippen LogP contribution >= 0.6 is 0 Å². The van der Waals surface area contributed by atoms with Gasteiger partial charge < -0.3 is 4.42 Å². The van der Waals surface area contributed by atoms with Crippen molar-refractivity contribution in [2.45, 2.75) is 33.1 Å². The first kappa shape index (κ1) is 27.7. The molecule has 1 atom stereocenters. The van der Waals surface area contributed by atoms with Crippen LogP contribution in [-0.2, 0) is 5.41 Å². The van der Waals surface area contributed by atoms with Crippen molar-refractivity contribution in [3.63, 3.8) is 0 Å². The number of rotatable bonds is 3. The van der Waals surface area contributed by atoms with Crippen molar-refractivity contribution < 1.29 is 4.42 Å². The highest BCUT2D eigenvalue weighted by Gasteiger charge is 2.48. The van der Waals surface area contributed by atoms with Gasteiger partial charge in [-0.25, -0.2) is 15.0 Å². The molecule has 226 valence electrons. The van der Waals surface area contributed by atoms with E-state index in [1.165, 1.54) is 22.3 Å². The minimum Gasteiger partial charge on any atom is -0.455 e. The minimum atomic E-state index is -0.152. The summed E-state index contributed by atoms with van der Waals surface area (Å²) in [6, 6.07) is 44.4. The molecule has 4 nitrogen and oxygen atoms in total. The lowest BCUT2D eigenvalue weighted by atomic mass is 9.62. The van der Waals surface area contributed by atoms with Gasteiger partial charge in [-0.3, -0.25) is 0 Å². The van der Waals surface area contributed by atoms with Crippen LogP contribution in [0.25, 0.3) is 78.0 Å². The second-order valence-electron chi connectivity index (χ2n) is 13.8. The number of hydrogen-bond acceptors (Lipinski definition) is 4. The Morgan fingerprint density at radius 2 is 1.15 bits per heavy atom. The molecule has 0 saturated heterocycles. The van der Waals surface area contributed by atoms with Crippen LogP contribution < -0.4 is 0 Å². The highest BCUT2D eigenvalue weighted by Crippen LogP contribution is 2.59. The number of nitrogens with zero attached hydrogens (tertiary/aromatic N) is 3. The summed E-state index contributed by atoms with van der Waals surface area (Å²) in [4.78, 5) is 15.3. The summed E-state index contributed by atoms with van der Waals surface area (Å²) in [6.45, 7) is 9.41. The summed E-state index contributed by atoms with van der Waals surface area (Å²) in [5.74, 6) is 1.85. The van der Waals surface area contributed by atoms with Gasteiger partial charge in [-0.15, -0.1) is 0 Å². The van der Waals surface area contributed by atoms with Gasteiger partial charge in [0.05, 0.1) is 5.56 Å². The Labute approximate surface area is 273 Å². The Hall–Kier alpha value is -5.61. The number of hydrogen-bond donors (Lipinski definition) is 0. The van der Waals surface area contributed by atoms with Crippen LogP contribution in [0.5, 0.6) is 0 Å². The molecule has 47 heavy (non-hydrogen) atoms. The lowest BCUT2D eigenvalue weighted by molar-refractivity contribution is 0.255. The molecule has 0 aliphatic heterocycles. The summed E-state index contributed by atoms with van der Waals surface area (Å²) in [6.07, 6.45) is 0. The van der Waals surface area contributed by atoms with E-state index in [0.29, 0.717) is 17.5 Å². The molecule has 0 bridgehead atoms. The maximum Gasteiger partial charge on any atom is 0.167 e. The van der Waals surface area contributed by atoms with E-state index in [-0.39, 0.29) is 10.8 Å². The van der Waals surface area contributed by atoms with E-state index in [2.05, 4.69) is 125 Å². The first-order valence-corrected chi connectivity index (χ1v) is 16.2. The highest BCUT2D eigenvalue weighted by molar-refractivity contribution is 6.17. The van der Waals surface area contributed by atoms with Crippen molar-refractivity contribution in [3.05, 3.63) is 139 Å². The minimum absolute atomic E-state index is 0.00343. The average Bonchev–Trinajstić information content (AvgIpc) is 3.62. The number of benzene rings is 6. The third-order valence-electron chi connectivity index (χ3n) is 10.4. The average molecular weight is 608 g/mol. The van der Waals surface area contributed by atoms with Crippen LogP contribution in [0.2, 0.25) is 0 Å². The fraction of sp³-hybridized carbons (Fsp3) is 0.140. The topological polar surface area (TPSA) is 51.8 Å². The van der Waals surface area contributed by atoms with Crippen LogP contribution in [0.15, 0.2) is 132 Å². The van der Waals surface area contributed by atoms with E-state index in [1.54, 1.807) is 0 Å². The molecular weight excluding hydrogens is 574 g/mol. The van der Waals surface area contributed by atoms with Gasteiger partial charge in [0.25, 0.3) is 0 Å². The van der Waals surface area contributed by atoms with E-state index in [4.69, 9.17) is 19.4 Å². The normalized spacial score (nSPS) is 15.7. The predicted octanol–water partition coefficient (Wildman–Crippen LogP) is 11.3. The molecule has 0 saturated carbocycles. The number of aromatic nitrogens is 3. The molecule has 8 aromatic rings. The fourth-order valence-electron chi connectivity index (χ4n) is 7.61. The zero-order chi connectivity index (χ0) is 31.9. The van der Waals surface area contributed by atoms with Gasteiger partial charge in [0.1, 0.15) is 11.2 Å². The molecule has 2 aromatic heterocycles. The van der Waals surface area contributed by atoms with E-state index in [1.807, 2.05) is 30.3 Å². The third kappa shape index (κ3) is 3.97. The molecule has 0 radical (unpaired) electrons. The molecule has 1 aliphatic carbocycles. The lowest BCUT2D eigenvalue weighted by Crippen LogP contribution is -2.36. The van der Waals surface area contributed by atoms with Gasteiger partial charge in [0.15, 0.2) is 17.5 Å². The fourth-order valence-corrected chi connectivity index (χ4v) is 7.61. The summed E-state index contributed by atoms with van der Waals surface area (Å²) in [5.41, 5.74) is 9.51. The van der Waals surface area contributed by atoms with Crippen molar-refractivity contribution >= 4 is 32.7 Å². The molecule has 6 aromatic carbocycles. The molecule has 4 heteroatoms. The molecule has 9 rings (SSSR count). The predicted molar refractivity (Wildman–Crippen MR) is 192 cm³/mol. The van der Waals surface area contributed by atoms with Gasteiger partial charge >= 0.3 is 0 Å². The van der Waals surface area contributed by atoms with E-state index < -0.39 is 0 Å². The van der Waals surface area contributed by atoms with Crippen LogP contribution in [0, 0.1) is 5.41 Å². The quantitative estimate of drug-likeness (QED) is 0.200. The molecule has 0 N–H and O–H groups in total. The zero-order valence-corrected chi connectivity index (χ0v) is 26.9. The Kier molecular flexibility index (Phi) is 5.86. The third-order valence-corrected chi connectivity index (χ3v) is 10.4. The van der Waals surface area contributed by atoms with Crippen molar-refractivity contribution in [1.29, 1.82) is 0 Å². The monoisotopic (exact) mass is 607 g/mol. The van der Waals surface area contributed by atoms with E-state index in [0.717, 1.165) is 49.4 Å². The van der Waals surface area contributed by atoms with Gasteiger partial charge in [-0.1, -0.05) is 143 Å². The van der Waals surface area contributed by atoms with Crippen molar-refractivity contribution in [2.24, 2.45) is 5.41 Å². The molecule has 0 amide bonds. The van der Waals surface area contributed by atoms with Gasteiger partial charge in [0.2, 0.25) is 0 Å². The summed E-state index contributed by atoms with van der Waals surface area (Å²) in [7, 11) is 0. The van der Waals surface area contributed by atoms with Crippen LogP contribution in [0.1, 0.15) is 38.8 Å². The number of fused-ring (bicyclic) bond motifs is 8. The largest absolute Gasteiger partial charge is 0.455 e. The summed E-state index contributed by atoms with van der Waals surface area (Å²) >= 11 is 0. The smallest absolute Gasteiger partial charge is 0.167 e. The van der Waals surface area contributed by atoms with Crippen molar-refractivity contribution in [3.8, 4) is 45.3 Å². The second kappa shape index (κ2) is 9.94. The van der Waals surface area contributed by atoms with E-state index in [9.17, 15) is 0 Å². The molecule has 0 spiro atoms. The second-order valence-corrected chi connectivity index (χ2v) is 13.8. The van der Waals surface area contributed by atoms with E-state index >= 15 is 0 Å². The molecule has 0 fully saturated rings. The highest BCUT2D eigenvalue weighted by atomic mass is 16.3. The SMILES string of the molecule is CC(C)(C)C1(C)c2ccccc2-c2c1ccc1oc3c(-c4nc(-c5ccccc5)nc(-c5cccc6ccccc56)n4)cccc3c21. The first-order valence-electron chi connectivity index (χ1n) is 16.2. The first-order chi connectivity index (χ1) is 22.8. The Balaban J connectivity index is 1.33.